The largest absolute Gasteiger partial charge is 0.459 e. The molecular weight excluding hydrogens is 490 g/mol. The van der Waals surface area contributed by atoms with Crippen LogP contribution in [0.25, 0.3) is 0 Å². The zero-order valence-corrected chi connectivity index (χ0v) is 25.9. The molecule has 3 nitrogen and oxygen atoms in total. The van der Waals surface area contributed by atoms with Gasteiger partial charge in [0.2, 0.25) is 0 Å². The maximum absolute atomic E-state index is 12.7. The van der Waals surface area contributed by atoms with E-state index >= 15 is 0 Å². The summed E-state index contributed by atoms with van der Waals surface area (Å²) in [6, 6.07) is 0. The molecule has 7 unspecified atom stereocenters. The highest BCUT2D eigenvalue weighted by atomic mass is 16.5. The first-order chi connectivity index (χ1) is 18.8. The Kier molecular flexibility index (Phi) is 10.9. The van der Waals surface area contributed by atoms with Crippen molar-refractivity contribution in [2.75, 3.05) is 13.1 Å². The van der Waals surface area contributed by atoms with Gasteiger partial charge in [-0.25, -0.2) is 4.79 Å². The van der Waals surface area contributed by atoms with Gasteiger partial charge in [-0.1, -0.05) is 85.3 Å². The lowest BCUT2D eigenvalue weighted by Crippen LogP contribution is -2.50. The maximum Gasteiger partial charge on any atom is 0.332 e. The molecule has 0 bridgehead atoms. The predicted molar refractivity (Wildman–Crippen MR) is 169 cm³/mol. The number of rotatable bonds is 8. The van der Waals surface area contributed by atoms with Crippen molar-refractivity contribution >= 4 is 5.97 Å². The van der Waals surface area contributed by atoms with E-state index in [4.69, 9.17) is 4.74 Å². The van der Waals surface area contributed by atoms with Crippen molar-refractivity contribution in [1.29, 1.82) is 0 Å². The SMILES string of the molecule is C.CC(C)CCCCC1CCC2C3CC=C4CC(OC(=O)/C=C/N5CCCCCCC5)CCC4(C)C3CCC12C. The predicted octanol–water partition coefficient (Wildman–Crippen LogP) is 10.1. The molecule has 228 valence electrons. The molecule has 0 radical (unpaired) electrons. The highest BCUT2D eigenvalue weighted by molar-refractivity contribution is 5.82. The van der Waals surface area contributed by atoms with Gasteiger partial charge in [0.1, 0.15) is 6.10 Å². The minimum absolute atomic E-state index is 0. The van der Waals surface area contributed by atoms with Gasteiger partial charge in [-0.2, -0.15) is 0 Å². The lowest BCUT2D eigenvalue weighted by molar-refractivity contribution is -0.145. The van der Waals surface area contributed by atoms with E-state index in [1.54, 1.807) is 11.6 Å². The number of hydrogen-bond donors (Lipinski definition) is 0. The van der Waals surface area contributed by atoms with Crippen molar-refractivity contribution in [2.45, 2.75) is 150 Å². The quantitative estimate of drug-likeness (QED) is 0.130. The fourth-order valence-electron chi connectivity index (χ4n) is 10.0. The van der Waals surface area contributed by atoms with E-state index in [0.29, 0.717) is 10.8 Å². The third-order valence-corrected chi connectivity index (χ3v) is 12.4. The van der Waals surface area contributed by atoms with Crippen LogP contribution in [-0.2, 0) is 9.53 Å². The van der Waals surface area contributed by atoms with Crippen molar-refractivity contribution in [2.24, 2.45) is 40.4 Å². The number of allylic oxidation sites excluding steroid dienone is 1. The fourth-order valence-corrected chi connectivity index (χ4v) is 10.0. The molecule has 0 N–H and O–H groups in total. The molecule has 0 spiro atoms. The van der Waals surface area contributed by atoms with E-state index < -0.39 is 0 Å². The first-order valence-corrected chi connectivity index (χ1v) is 17.1. The molecule has 3 saturated carbocycles. The zero-order chi connectivity index (χ0) is 27.5. The lowest BCUT2D eigenvalue weighted by atomic mass is 9.47. The Morgan fingerprint density at radius 3 is 2.50 bits per heavy atom. The molecule has 1 saturated heterocycles. The molecule has 1 aliphatic heterocycles. The molecule has 40 heavy (non-hydrogen) atoms. The molecular formula is C37H63NO2. The molecule has 5 aliphatic rings. The summed E-state index contributed by atoms with van der Waals surface area (Å²) < 4.78 is 6.04. The van der Waals surface area contributed by atoms with Crippen LogP contribution in [0.15, 0.2) is 23.9 Å². The van der Waals surface area contributed by atoms with Gasteiger partial charge in [-0.05, 0) is 105 Å². The fraction of sp³-hybridized carbons (Fsp3) is 0.865. The van der Waals surface area contributed by atoms with Gasteiger partial charge < -0.3 is 9.64 Å². The van der Waals surface area contributed by atoms with Gasteiger partial charge in [0.05, 0.1) is 0 Å². The Hall–Kier alpha value is -1.25. The van der Waals surface area contributed by atoms with Crippen LogP contribution in [-0.4, -0.2) is 30.1 Å². The van der Waals surface area contributed by atoms with Crippen molar-refractivity contribution in [3.63, 3.8) is 0 Å². The minimum Gasteiger partial charge on any atom is -0.459 e. The third-order valence-electron chi connectivity index (χ3n) is 12.4. The Morgan fingerprint density at radius 2 is 1.75 bits per heavy atom. The van der Waals surface area contributed by atoms with E-state index in [0.717, 1.165) is 55.5 Å². The van der Waals surface area contributed by atoms with E-state index in [2.05, 4.69) is 38.7 Å². The number of nitrogens with zero attached hydrogens (tertiary/aromatic N) is 1. The normalized spacial score (nSPS) is 38.0. The van der Waals surface area contributed by atoms with Crippen molar-refractivity contribution in [3.8, 4) is 0 Å². The van der Waals surface area contributed by atoms with Crippen molar-refractivity contribution < 1.29 is 9.53 Å². The summed E-state index contributed by atoms with van der Waals surface area (Å²) in [5, 5.41) is 0. The standard InChI is InChI=1S/C36H59NO2.CH4/c1-27(2)12-8-9-13-28-15-17-32-31-16-14-29-26-30(18-21-36(29,4)33(31)19-22-35(28,32)3)39-34(38)20-25-37-23-10-6-5-7-11-24-37;/h14,20,25,27-28,30-33H,5-13,15-19,21-24,26H2,1-4H3;1H4/b25-20+;. The number of fused-ring (bicyclic) bond motifs is 5. The van der Waals surface area contributed by atoms with Crippen molar-refractivity contribution in [3.05, 3.63) is 23.9 Å². The molecule has 7 atom stereocenters. The molecule has 4 aliphatic carbocycles. The van der Waals surface area contributed by atoms with Crippen LogP contribution < -0.4 is 0 Å². The van der Waals surface area contributed by atoms with Crippen LogP contribution in [0, 0.1) is 40.4 Å². The topological polar surface area (TPSA) is 29.5 Å². The number of carbonyl (C=O) groups is 1. The van der Waals surface area contributed by atoms with Gasteiger partial charge >= 0.3 is 5.97 Å². The average molecular weight is 554 g/mol. The van der Waals surface area contributed by atoms with E-state index in [1.165, 1.54) is 96.3 Å². The minimum atomic E-state index is -0.140. The number of hydrogen-bond acceptors (Lipinski definition) is 3. The molecule has 0 amide bonds. The zero-order valence-electron chi connectivity index (χ0n) is 25.9. The van der Waals surface area contributed by atoms with Crippen LogP contribution in [0.2, 0.25) is 0 Å². The second kappa shape index (κ2) is 13.8. The molecule has 0 aromatic rings. The number of carbonyl (C=O) groups excluding carboxylic acids is 1. The van der Waals surface area contributed by atoms with Crippen LogP contribution in [0.3, 0.4) is 0 Å². The summed E-state index contributed by atoms with van der Waals surface area (Å²) in [6.45, 7) is 12.1. The first kappa shape index (κ1) is 31.7. The number of likely N-dealkylation sites (tertiary alicyclic amines) is 1. The Balaban J connectivity index is 0.00000370. The van der Waals surface area contributed by atoms with Gasteiger partial charge in [0.15, 0.2) is 0 Å². The third kappa shape index (κ3) is 6.86. The average Bonchev–Trinajstić information content (AvgIpc) is 3.22. The van der Waals surface area contributed by atoms with Gasteiger partial charge in [-0.15, -0.1) is 0 Å². The summed E-state index contributed by atoms with van der Waals surface area (Å²) in [5.41, 5.74) is 2.52. The van der Waals surface area contributed by atoms with E-state index in [1.807, 2.05) is 6.20 Å². The summed E-state index contributed by atoms with van der Waals surface area (Å²) >= 11 is 0. The second-order valence-electron chi connectivity index (χ2n) is 15.2. The second-order valence-corrected chi connectivity index (χ2v) is 15.2. The van der Waals surface area contributed by atoms with E-state index in [-0.39, 0.29) is 19.5 Å². The number of unbranched alkanes of at least 4 members (excludes halogenated alkanes) is 1. The summed E-state index contributed by atoms with van der Waals surface area (Å²) in [4.78, 5) is 15.1. The molecule has 0 aromatic carbocycles. The van der Waals surface area contributed by atoms with Crippen LogP contribution in [0.1, 0.15) is 144 Å². The molecule has 4 fully saturated rings. The molecule has 1 heterocycles. The highest BCUT2D eigenvalue weighted by Crippen LogP contribution is 2.66. The smallest absolute Gasteiger partial charge is 0.332 e. The molecule has 0 aromatic heterocycles. The number of ether oxygens (including phenoxy) is 1. The van der Waals surface area contributed by atoms with Gasteiger partial charge in [-0.3, -0.25) is 0 Å². The highest BCUT2D eigenvalue weighted by Gasteiger charge is 2.58. The van der Waals surface area contributed by atoms with E-state index in [9.17, 15) is 4.79 Å². The Labute approximate surface area is 248 Å². The lowest BCUT2D eigenvalue weighted by Gasteiger charge is -2.58. The molecule has 3 heteroatoms. The maximum atomic E-state index is 12.7. The van der Waals surface area contributed by atoms with Crippen molar-refractivity contribution in [1.82, 2.24) is 4.90 Å². The Morgan fingerprint density at radius 1 is 1.00 bits per heavy atom. The van der Waals surface area contributed by atoms with Crippen LogP contribution >= 0.6 is 0 Å². The first-order valence-electron chi connectivity index (χ1n) is 17.1. The monoisotopic (exact) mass is 553 g/mol. The van der Waals surface area contributed by atoms with Gasteiger partial charge in [0, 0.05) is 31.8 Å². The summed E-state index contributed by atoms with van der Waals surface area (Å²) in [5.74, 6) is 4.29. The van der Waals surface area contributed by atoms with Crippen LogP contribution in [0.5, 0.6) is 0 Å². The Bertz CT molecular complexity index is 883. The molecule has 5 rings (SSSR count). The summed E-state index contributed by atoms with van der Waals surface area (Å²) in [6.07, 6.45) is 28.8. The van der Waals surface area contributed by atoms with Gasteiger partial charge in [0.25, 0.3) is 0 Å². The number of esters is 1. The van der Waals surface area contributed by atoms with Crippen LogP contribution in [0.4, 0.5) is 0 Å². The summed E-state index contributed by atoms with van der Waals surface area (Å²) in [7, 11) is 0.